The van der Waals surface area contributed by atoms with Crippen molar-refractivity contribution < 1.29 is 37.0 Å². The monoisotopic (exact) mass is 495 g/mol. The third-order valence-corrected chi connectivity index (χ3v) is 4.55. The quantitative estimate of drug-likeness (QED) is 0.361. The smallest absolute Gasteiger partial charge is 0.407 e. The number of carbonyl (C=O) groups excluding carboxylic acids is 3. The topological polar surface area (TPSA) is 107 Å². The Bertz CT molecular complexity index is 1010. The summed E-state index contributed by atoms with van der Waals surface area (Å²) in [7, 11) is 0. The van der Waals surface area contributed by atoms with Crippen molar-refractivity contribution in [3.63, 3.8) is 0 Å². The molecule has 0 saturated heterocycles. The molecule has 0 aliphatic carbocycles. The third-order valence-electron chi connectivity index (χ3n) is 4.55. The lowest BCUT2D eigenvalue weighted by Gasteiger charge is -2.20. The molecule has 0 aliphatic heterocycles. The molecule has 2 rings (SSSR count). The van der Waals surface area contributed by atoms with Crippen molar-refractivity contribution in [2.75, 3.05) is 13.2 Å². The Balaban J connectivity index is 1.97. The average molecular weight is 495 g/mol. The Labute approximate surface area is 201 Å². The van der Waals surface area contributed by atoms with Crippen molar-refractivity contribution in [2.45, 2.75) is 51.7 Å². The van der Waals surface area contributed by atoms with Gasteiger partial charge in [0.05, 0.1) is 11.6 Å². The van der Waals surface area contributed by atoms with Crippen molar-refractivity contribution >= 4 is 17.8 Å². The Morgan fingerprint density at radius 1 is 1.03 bits per heavy atom. The number of ketones is 1. The zero-order valence-electron chi connectivity index (χ0n) is 19.7. The van der Waals surface area contributed by atoms with Crippen LogP contribution >= 0.6 is 0 Å². The van der Waals surface area contributed by atoms with Gasteiger partial charge in [-0.05, 0) is 64.3 Å². The van der Waals surface area contributed by atoms with Crippen LogP contribution in [0.5, 0.6) is 5.75 Å². The number of nitrogens with zero attached hydrogens (tertiary/aromatic N) is 1. The van der Waals surface area contributed by atoms with E-state index >= 15 is 0 Å². The number of pyridine rings is 1. The molecule has 2 aromatic rings. The molecule has 1 aromatic carbocycles. The predicted molar refractivity (Wildman–Crippen MR) is 120 cm³/mol. The molecule has 0 aliphatic rings. The molecule has 1 atom stereocenters. The van der Waals surface area contributed by atoms with Gasteiger partial charge >= 0.3 is 6.09 Å². The molecule has 190 valence electrons. The SMILES string of the molecule is CC(C)(C)OC(=O)NCCCC[C@H](NC(=O)c1ccc(F)nc1)C(=O)COc1c(F)cccc1F. The van der Waals surface area contributed by atoms with Crippen LogP contribution in [-0.4, -0.2) is 47.6 Å². The minimum atomic E-state index is -1.07. The lowest BCUT2D eigenvalue weighted by molar-refractivity contribution is -0.123. The van der Waals surface area contributed by atoms with Gasteiger partial charge in [0.1, 0.15) is 12.2 Å². The number of rotatable bonds is 11. The second-order valence-electron chi connectivity index (χ2n) is 8.63. The number of amides is 2. The maximum Gasteiger partial charge on any atom is 0.407 e. The molecule has 0 bridgehead atoms. The summed E-state index contributed by atoms with van der Waals surface area (Å²) >= 11 is 0. The number of benzene rings is 1. The van der Waals surface area contributed by atoms with Crippen LogP contribution in [0.25, 0.3) is 0 Å². The van der Waals surface area contributed by atoms with Crippen LogP contribution in [-0.2, 0) is 9.53 Å². The first kappa shape index (κ1) is 27.6. The zero-order valence-corrected chi connectivity index (χ0v) is 19.7. The highest BCUT2D eigenvalue weighted by Crippen LogP contribution is 2.21. The van der Waals surface area contributed by atoms with Crippen molar-refractivity contribution in [2.24, 2.45) is 0 Å². The van der Waals surface area contributed by atoms with Crippen molar-refractivity contribution in [3.8, 4) is 5.75 Å². The molecule has 0 unspecified atom stereocenters. The van der Waals surface area contributed by atoms with Crippen LogP contribution in [0.2, 0.25) is 0 Å². The molecule has 0 saturated carbocycles. The number of Topliss-reactive ketones (excluding diaryl/α,β-unsaturated/α-hetero) is 1. The number of nitrogens with one attached hydrogen (secondary N) is 2. The molecule has 35 heavy (non-hydrogen) atoms. The summed E-state index contributed by atoms with van der Waals surface area (Å²) in [5.74, 6) is -4.72. The summed E-state index contributed by atoms with van der Waals surface area (Å²) in [5, 5.41) is 5.11. The molecule has 2 N–H and O–H groups in total. The van der Waals surface area contributed by atoms with Crippen LogP contribution < -0.4 is 15.4 Å². The Kier molecular flexibility index (Phi) is 10.0. The van der Waals surface area contributed by atoms with Crippen LogP contribution in [0.15, 0.2) is 36.5 Å². The van der Waals surface area contributed by atoms with Crippen molar-refractivity contribution in [3.05, 3.63) is 59.7 Å². The van der Waals surface area contributed by atoms with E-state index in [4.69, 9.17) is 9.47 Å². The highest BCUT2D eigenvalue weighted by atomic mass is 19.1. The van der Waals surface area contributed by atoms with Crippen LogP contribution in [0.4, 0.5) is 18.0 Å². The van der Waals surface area contributed by atoms with Gasteiger partial charge in [-0.15, -0.1) is 0 Å². The molecular weight excluding hydrogens is 467 g/mol. The zero-order chi connectivity index (χ0) is 26.0. The number of alkyl carbamates (subject to hydrolysis) is 1. The number of carbonyl (C=O) groups is 3. The number of unbranched alkanes of at least 4 members (excludes halogenated alkanes) is 1. The lowest BCUT2D eigenvalue weighted by atomic mass is 10.0. The Morgan fingerprint density at radius 3 is 2.31 bits per heavy atom. The van der Waals surface area contributed by atoms with Gasteiger partial charge in [0.2, 0.25) is 5.95 Å². The van der Waals surface area contributed by atoms with E-state index < -0.39 is 59.4 Å². The Morgan fingerprint density at radius 2 is 1.71 bits per heavy atom. The van der Waals surface area contributed by atoms with Crippen LogP contribution in [0.1, 0.15) is 50.4 Å². The van der Waals surface area contributed by atoms with Crippen LogP contribution in [0.3, 0.4) is 0 Å². The third kappa shape index (κ3) is 9.63. The summed E-state index contributed by atoms with van der Waals surface area (Å²) in [5.41, 5.74) is -0.615. The van der Waals surface area contributed by atoms with E-state index in [1.165, 1.54) is 6.07 Å². The molecule has 8 nitrogen and oxygen atoms in total. The number of aromatic nitrogens is 1. The second kappa shape index (κ2) is 12.7. The van der Waals surface area contributed by atoms with Gasteiger partial charge in [0, 0.05) is 12.7 Å². The number of ether oxygens (including phenoxy) is 2. The summed E-state index contributed by atoms with van der Waals surface area (Å²) in [6.07, 6.45) is 1.45. The fraction of sp³-hybridized carbons (Fsp3) is 0.417. The molecule has 0 radical (unpaired) electrons. The molecule has 11 heteroatoms. The van der Waals surface area contributed by atoms with E-state index in [1.807, 2.05) is 0 Å². The summed E-state index contributed by atoms with van der Waals surface area (Å²) in [4.78, 5) is 40.4. The van der Waals surface area contributed by atoms with Crippen molar-refractivity contribution in [1.82, 2.24) is 15.6 Å². The first-order chi connectivity index (χ1) is 16.5. The first-order valence-electron chi connectivity index (χ1n) is 10.9. The van der Waals surface area contributed by atoms with E-state index in [1.54, 1.807) is 20.8 Å². The summed E-state index contributed by atoms with van der Waals surface area (Å²) < 4.78 is 50.8. The maximum atomic E-state index is 13.8. The Hall–Kier alpha value is -3.63. The van der Waals surface area contributed by atoms with E-state index in [0.717, 1.165) is 30.5 Å². The molecule has 1 aromatic heterocycles. The van der Waals surface area contributed by atoms with E-state index in [0.29, 0.717) is 12.8 Å². The number of halogens is 3. The van der Waals surface area contributed by atoms with Gasteiger partial charge in [-0.1, -0.05) is 6.07 Å². The van der Waals surface area contributed by atoms with Crippen LogP contribution in [0, 0.1) is 17.6 Å². The average Bonchev–Trinajstić information content (AvgIpc) is 2.76. The number of hydrogen-bond donors (Lipinski definition) is 2. The minimum absolute atomic E-state index is 0.0249. The first-order valence-corrected chi connectivity index (χ1v) is 10.9. The molecule has 0 fully saturated rings. The van der Waals surface area contributed by atoms with Gasteiger partial charge in [-0.2, -0.15) is 4.39 Å². The summed E-state index contributed by atoms with van der Waals surface area (Å²) in [6.45, 7) is 4.77. The molecule has 2 amide bonds. The maximum absolute atomic E-state index is 13.8. The second-order valence-corrected chi connectivity index (χ2v) is 8.63. The standard InChI is InChI=1S/C24H28F3N3O5/c1-24(2,3)35-23(33)28-12-5-4-9-18(30-22(32)15-10-11-20(27)29-13-15)19(31)14-34-21-16(25)7-6-8-17(21)26/h6-8,10-11,13,18H,4-5,9,12,14H2,1-3H3,(H,28,33)(H,30,32)/t18-/m0/s1. The van der Waals surface area contributed by atoms with E-state index in [2.05, 4.69) is 15.6 Å². The highest BCUT2D eigenvalue weighted by molar-refractivity contribution is 5.98. The van der Waals surface area contributed by atoms with Gasteiger partial charge in [-0.3, -0.25) is 9.59 Å². The van der Waals surface area contributed by atoms with E-state index in [-0.39, 0.29) is 18.5 Å². The number of para-hydroxylation sites is 1. The summed E-state index contributed by atoms with van der Waals surface area (Å²) in [6, 6.07) is 4.27. The van der Waals surface area contributed by atoms with Gasteiger partial charge in [0.25, 0.3) is 5.91 Å². The fourth-order valence-electron chi connectivity index (χ4n) is 2.91. The van der Waals surface area contributed by atoms with Gasteiger partial charge < -0.3 is 20.1 Å². The van der Waals surface area contributed by atoms with E-state index in [9.17, 15) is 27.6 Å². The van der Waals surface area contributed by atoms with Gasteiger partial charge in [-0.25, -0.2) is 18.6 Å². The van der Waals surface area contributed by atoms with Crippen molar-refractivity contribution in [1.29, 1.82) is 0 Å². The minimum Gasteiger partial charge on any atom is -0.480 e. The molecular formula is C24H28F3N3O5. The normalized spacial score (nSPS) is 11.9. The molecule has 0 spiro atoms. The highest BCUT2D eigenvalue weighted by Gasteiger charge is 2.23. The van der Waals surface area contributed by atoms with Gasteiger partial charge in [0.15, 0.2) is 23.2 Å². The largest absolute Gasteiger partial charge is 0.480 e. The lowest BCUT2D eigenvalue weighted by Crippen LogP contribution is -2.43. The predicted octanol–water partition coefficient (Wildman–Crippen LogP) is 3.94. The molecule has 1 heterocycles. The fourth-order valence-corrected chi connectivity index (χ4v) is 2.91. The number of hydrogen-bond acceptors (Lipinski definition) is 6.